The number of rotatable bonds is 5. The van der Waals surface area contributed by atoms with Crippen LogP contribution in [0.2, 0.25) is 10.0 Å². The highest BCUT2D eigenvalue weighted by molar-refractivity contribution is 6.33. The molecule has 0 saturated carbocycles. The monoisotopic (exact) mass is 381 g/mol. The molecule has 5 nitrogen and oxygen atoms in total. The van der Waals surface area contributed by atoms with Gasteiger partial charge in [0.15, 0.2) is 0 Å². The number of hydrogen-bond donors (Lipinski definition) is 0. The molecule has 1 atom stereocenters. The zero-order chi connectivity index (χ0) is 18.0. The summed E-state index contributed by atoms with van der Waals surface area (Å²) in [4.78, 5) is 14.8. The van der Waals surface area contributed by atoms with Crippen molar-refractivity contribution in [1.82, 2.24) is 9.78 Å². The minimum Gasteiger partial charge on any atom is -0.376 e. The van der Waals surface area contributed by atoms with Gasteiger partial charge < -0.3 is 9.64 Å². The van der Waals surface area contributed by atoms with Crippen molar-refractivity contribution < 1.29 is 4.74 Å². The first kappa shape index (κ1) is 18.2. The van der Waals surface area contributed by atoms with Crippen LogP contribution in [0.15, 0.2) is 29.2 Å². The van der Waals surface area contributed by atoms with Crippen LogP contribution in [0.3, 0.4) is 0 Å². The quantitative estimate of drug-likeness (QED) is 0.788. The van der Waals surface area contributed by atoms with Crippen molar-refractivity contribution in [3.05, 3.63) is 50.4 Å². The molecule has 1 aromatic heterocycles. The molecular weight excluding hydrogens is 361 g/mol. The van der Waals surface area contributed by atoms with E-state index < -0.39 is 0 Å². The molecule has 3 rings (SSSR count). The second-order valence-corrected chi connectivity index (χ2v) is 6.95. The third-order valence-electron chi connectivity index (χ3n) is 4.47. The van der Waals surface area contributed by atoms with E-state index in [9.17, 15) is 4.79 Å². The summed E-state index contributed by atoms with van der Waals surface area (Å²) in [7, 11) is 0. The van der Waals surface area contributed by atoms with Crippen molar-refractivity contribution in [3.63, 3.8) is 0 Å². The van der Waals surface area contributed by atoms with Gasteiger partial charge in [-0.25, -0.2) is 0 Å². The van der Waals surface area contributed by atoms with Gasteiger partial charge in [0.05, 0.1) is 23.7 Å². The third kappa shape index (κ3) is 3.84. The molecular formula is C18H21Cl2N3O2. The van der Waals surface area contributed by atoms with Crippen molar-refractivity contribution in [2.75, 3.05) is 24.6 Å². The summed E-state index contributed by atoms with van der Waals surface area (Å²) in [5.41, 5.74) is 1.81. The molecule has 1 aliphatic rings. The van der Waals surface area contributed by atoms with E-state index in [-0.39, 0.29) is 16.7 Å². The lowest BCUT2D eigenvalue weighted by Crippen LogP contribution is -2.34. The summed E-state index contributed by atoms with van der Waals surface area (Å²) >= 11 is 12.5. The Morgan fingerprint density at radius 1 is 1.40 bits per heavy atom. The van der Waals surface area contributed by atoms with Crippen LogP contribution >= 0.6 is 23.2 Å². The van der Waals surface area contributed by atoms with Gasteiger partial charge in [-0.2, -0.15) is 9.78 Å². The number of nitrogens with zero attached hydrogens (tertiary/aromatic N) is 3. The van der Waals surface area contributed by atoms with Crippen LogP contribution in [0.5, 0.6) is 0 Å². The SMILES string of the molecule is CCN(CC1CCCO1)c1cnn(-c2ccc(C)c(Cl)c2)c(=O)c1Cl. The fourth-order valence-corrected chi connectivity index (χ4v) is 3.40. The first-order chi connectivity index (χ1) is 12.0. The number of ether oxygens (including phenoxy) is 1. The molecule has 0 spiro atoms. The Balaban J connectivity index is 1.93. The maximum atomic E-state index is 12.7. The summed E-state index contributed by atoms with van der Waals surface area (Å²) < 4.78 is 6.97. The number of aromatic nitrogens is 2. The highest BCUT2D eigenvalue weighted by Gasteiger charge is 2.22. The van der Waals surface area contributed by atoms with E-state index >= 15 is 0 Å². The lowest BCUT2D eigenvalue weighted by atomic mass is 10.2. The van der Waals surface area contributed by atoms with Gasteiger partial charge in [0.1, 0.15) is 5.02 Å². The van der Waals surface area contributed by atoms with Gasteiger partial charge in [-0.05, 0) is 44.4 Å². The molecule has 1 unspecified atom stereocenters. The normalized spacial score (nSPS) is 17.0. The van der Waals surface area contributed by atoms with Crippen LogP contribution in [0.4, 0.5) is 5.69 Å². The molecule has 7 heteroatoms. The summed E-state index contributed by atoms with van der Waals surface area (Å²) in [5, 5.41) is 5.04. The van der Waals surface area contributed by atoms with Gasteiger partial charge in [-0.3, -0.25) is 4.79 Å². The van der Waals surface area contributed by atoms with Gasteiger partial charge in [0.25, 0.3) is 5.56 Å². The van der Waals surface area contributed by atoms with E-state index in [1.165, 1.54) is 4.68 Å². The third-order valence-corrected chi connectivity index (χ3v) is 5.23. The average Bonchev–Trinajstić information content (AvgIpc) is 3.11. The van der Waals surface area contributed by atoms with Crippen molar-refractivity contribution in [2.45, 2.75) is 32.8 Å². The summed E-state index contributed by atoms with van der Waals surface area (Å²) in [6.07, 6.45) is 3.91. The molecule has 1 fully saturated rings. The second-order valence-electron chi connectivity index (χ2n) is 6.17. The molecule has 0 radical (unpaired) electrons. The maximum absolute atomic E-state index is 12.7. The first-order valence-corrected chi connectivity index (χ1v) is 9.17. The van der Waals surface area contributed by atoms with E-state index in [1.807, 2.05) is 24.8 Å². The average molecular weight is 382 g/mol. The summed E-state index contributed by atoms with van der Waals surface area (Å²) in [5.74, 6) is 0. The highest BCUT2D eigenvalue weighted by Crippen LogP contribution is 2.25. The van der Waals surface area contributed by atoms with E-state index in [2.05, 4.69) is 5.10 Å². The number of halogens is 2. The molecule has 2 aromatic rings. The molecule has 134 valence electrons. The molecule has 0 amide bonds. The molecule has 25 heavy (non-hydrogen) atoms. The zero-order valence-corrected chi connectivity index (χ0v) is 15.8. The predicted octanol–water partition coefficient (Wildman–Crippen LogP) is 3.85. The van der Waals surface area contributed by atoms with Crippen LogP contribution in [0, 0.1) is 6.92 Å². The number of aryl methyl sites for hydroxylation is 1. The molecule has 1 aliphatic heterocycles. The van der Waals surface area contributed by atoms with E-state index in [0.29, 0.717) is 22.9 Å². The van der Waals surface area contributed by atoms with Crippen LogP contribution in [0.1, 0.15) is 25.3 Å². The van der Waals surface area contributed by atoms with Gasteiger partial charge in [0, 0.05) is 24.7 Å². The topological polar surface area (TPSA) is 47.4 Å². The lowest BCUT2D eigenvalue weighted by Gasteiger charge is -2.26. The Morgan fingerprint density at radius 3 is 2.84 bits per heavy atom. The van der Waals surface area contributed by atoms with Crippen LogP contribution in [-0.2, 0) is 4.74 Å². The molecule has 0 bridgehead atoms. The van der Waals surface area contributed by atoms with Crippen molar-refractivity contribution in [1.29, 1.82) is 0 Å². The Kier molecular flexibility index (Phi) is 5.67. The van der Waals surface area contributed by atoms with Crippen molar-refractivity contribution in [3.8, 4) is 5.69 Å². The molecule has 1 aromatic carbocycles. The van der Waals surface area contributed by atoms with Crippen LogP contribution in [0.25, 0.3) is 5.69 Å². The minimum atomic E-state index is -0.357. The Morgan fingerprint density at radius 2 is 2.20 bits per heavy atom. The van der Waals surface area contributed by atoms with Gasteiger partial charge >= 0.3 is 0 Å². The first-order valence-electron chi connectivity index (χ1n) is 8.42. The van der Waals surface area contributed by atoms with Gasteiger partial charge in [-0.15, -0.1) is 0 Å². The number of anilines is 1. The zero-order valence-electron chi connectivity index (χ0n) is 14.3. The Labute approximate surface area is 157 Å². The number of benzene rings is 1. The van der Waals surface area contributed by atoms with Crippen LogP contribution in [-0.4, -0.2) is 35.6 Å². The molecule has 0 N–H and O–H groups in total. The van der Waals surface area contributed by atoms with Gasteiger partial charge in [0.2, 0.25) is 0 Å². The standard InChI is InChI=1S/C18H21Cl2N3O2/c1-3-22(11-14-5-4-8-25-14)16-10-21-23(18(24)17(16)20)13-7-6-12(2)15(19)9-13/h6-7,9-10,14H,3-5,8,11H2,1-2H3. The lowest BCUT2D eigenvalue weighted by molar-refractivity contribution is 0.115. The molecule has 1 saturated heterocycles. The number of hydrogen-bond acceptors (Lipinski definition) is 4. The number of likely N-dealkylation sites (N-methyl/N-ethyl adjacent to an activating group) is 1. The molecule has 0 aliphatic carbocycles. The van der Waals surface area contributed by atoms with Gasteiger partial charge in [-0.1, -0.05) is 29.3 Å². The largest absolute Gasteiger partial charge is 0.376 e. The summed E-state index contributed by atoms with van der Waals surface area (Å²) in [6, 6.07) is 5.37. The maximum Gasteiger partial charge on any atom is 0.292 e. The summed E-state index contributed by atoms with van der Waals surface area (Å²) in [6.45, 7) is 6.15. The smallest absolute Gasteiger partial charge is 0.292 e. The second kappa shape index (κ2) is 7.77. The van der Waals surface area contributed by atoms with E-state index in [0.717, 1.165) is 31.6 Å². The van der Waals surface area contributed by atoms with E-state index in [1.54, 1.807) is 18.3 Å². The van der Waals surface area contributed by atoms with Crippen molar-refractivity contribution in [2.24, 2.45) is 0 Å². The van der Waals surface area contributed by atoms with Crippen molar-refractivity contribution >= 4 is 28.9 Å². The fraction of sp³-hybridized carbons (Fsp3) is 0.444. The predicted molar refractivity (Wildman–Crippen MR) is 101 cm³/mol. The Hall–Kier alpha value is -1.56. The van der Waals surface area contributed by atoms with Crippen LogP contribution < -0.4 is 10.5 Å². The van der Waals surface area contributed by atoms with E-state index in [4.69, 9.17) is 27.9 Å². The highest BCUT2D eigenvalue weighted by atomic mass is 35.5. The molecule has 2 heterocycles. The minimum absolute atomic E-state index is 0.159. The fourth-order valence-electron chi connectivity index (χ4n) is 2.97. The Bertz CT molecular complexity index is 816.